The highest BCUT2D eigenvalue weighted by Gasteiger charge is 2.54. The molecule has 11 heteroatoms. The summed E-state index contributed by atoms with van der Waals surface area (Å²) in [4.78, 5) is 37.3. The molecule has 190 valence electrons. The number of nitrogens with zero attached hydrogens (tertiary/aromatic N) is 1. The van der Waals surface area contributed by atoms with Gasteiger partial charge in [-0.25, -0.2) is 11.3 Å². The van der Waals surface area contributed by atoms with Crippen molar-refractivity contribution in [3.05, 3.63) is 89.5 Å². The standard InChI is InChI=1S/C26H25N5O6/c1-36-17-11-7-15(8-12-17)21(26(35)19-5-3-4-6-20(19)28-25(26)34)22(30-31-24(33)23(32)29-27)16-9-13-18(37-2)14-10-16/h3-14,21,35H,27H2,1-2H3,(H,28,34)(H,29,32)(H,31,33)/b30-22+. The number of para-hydroxylation sites is 1. The fourth-order valence-corrected chi connectivity index (χ4v) is 4.23. The van der Waals surface area contributed by atoms with E-state index < -0.39 is 29.2 Å². The fourth-order valence-electron chi connectivity index (χ4n) is 4.23. The predicted octanol–water partition coefficient (Wildman–Crippen LogP) is 1.14. The molecule has 11 nitrogen and oxygen atoms in total. The van der Waals surface area contributed by atoms with Gasteiger partial charge in [-0.3, -0.25) is 19.8 Å². The van der Waals surface area contributed by atoms with Gasteiger partial charge in [0.2, 0.25) is 0 Å². The molecule has 1 heterocycles. The Bertz CT molecular complexity index is 1360. The van der Waals surface area contributed by atoms with Crippen LogP contribution in [-0.2, 0) is 20.0 Å². The van der Waals surface area contributed by atoms with Crippen LogP contribution in [0.5, 0.6) is 11.5 Å². The second kappa shape index (κ2) is 10.5. The van der Waals surface area contributed by atoms with Gasteiger partial charge in [-0.05, 0) is 53.6 Å². The fraction of sp³-hybridized carbons (Fsp3) is 0.154. The molecule has 3 amide bonds. The van der Waals surface area contributed by atoms with Crippen LogP contribution in [0, 0.1) is 0 Å². The molecule has 6 N–H and O–H groups in total. The van der Waals surface area contributed by atoms with Crippen molar-refractivity contribution in [2.45, 2.75) is 11.5 Å². The zero-order chi connectivity index (χ0) is 26.6. The summed E-state index contributed by atoms with van der Waals surface area (Å²) in [6.45, 7) is 0. The topological polar surface area (TPSA) is 164 Å². The number of hydrazine groups is 1. The Morgan fingerprint density at radius 3 is 2.14 bits per heavy atom. The first-order chi connectivity index (χ1) is 17.8. The summed E-state index contributed by atoms with van der Waals surface area (Å²) in [5.41, 5.74) is 3.57. The number of hydrogen-bond donors (Lipinski definition) is 5. The third-order valence-electron chi connectivity index (χ3n) is 6.07. The summed E-state index contributed by atoms with van der Waals surface area (Å²) < 4.78 is 10.5. The van der Waals surface area contributed by atoms with E-state index in [1.54, 1.807) is 78.2 Å². The zero-order valence-electron chi connectivity index (χ0n) is 20.0. The second-order valence-corrected chi connectivity index (χ2v) is 8.11. The van der Waals surface area contributed by atoms with E-state index in [0.29, 0.717) is 33.9 Å². The number of methoxy groups -OCH3 is 2. The van der Waals surface area contributed by atoms with E-state index in [1.807, 2.05) is 0 Å². The van der Waals surface area contributed by atoms with Gasteiger partial charge in [-0.15, -0.1) is 0 Å². The van der Waals surface area contributed by atoms with Crippen molar-refractivity contribution in [2.24, 2.45) is 10.9 Å². The molecule has 0 bridgehead atoms. The van der Waals surface area contributed by atoms with Gasteiger partial charge in [-0.2, -0.15) is 5.10 Å². The van der Waals surface area contributed by atoms with E-state index >= 15 is 0 Å². The molecule has 1 aliphatic rings. The van der Waals surface area contributed by atoms with E-state index in [-0.39, 0.29) is 5.71 Å². The summed E-state index contributed by atoms with van der Waals surface area (Å²) >= 11 is 0. The number of rotatable bonds is 7. The summed E-state index contributed by atoms with van der Waals surface area (Å²) in [6.07, 6.45) is 0. The van der Waals surface area contributed by atoms with E-state index in [2.05, 4.69) is 15.8 Å². The Morgan fingerprint density at radius 1 is 0.946 bits per heavy atom. The average Bonchev–Trinajstić information content (AvgIpc) is 3.20. The predicted molar refractivity (Wildman–Crippen MR) is 135 cm³/mol. The number of benzene rings is 3. The van der Waals surface area contributed by atoms with Gasteiger partial charge in [0.05, 0.1) is 25.8 Å². The van der Waals surface area contributed by atoms with Crippen LogP contribution in [0.4, 0.5) is 5.69 Å². The third-order valence-corrected chi connectivity index (χ3v) is 6.07. The zero-order valence-corrected chi connectivity index (χ0v) is 20.0. The summed E-state index contributed by atoms with van der Waals surface area (Å²) in [6, 6.07) is 20.1. The maximum Gasteiger partial charge on any atom is 0.330 e. The Labute approximate surface area is 212 Å². The van der Waals surface area contributed by atoms with Gasteiger partial charge in [-0.1, -0.05) is 30.3 Å². The van der Waals surface area contributed by atoms with Crippen molar-refractivity contribution in [1.82, 2.24) is 10.9 Å². The number of aliphatic hydroxyl groups is 1. The first kappa shape index (κ1) is 25.4. The Balaban J connectivity index is 1.96. The van der Waals surface area contributed by atoms with Crippen LogP contribution >= 0.6 is 0 Å². The molecule has 4 rings (SSSR count). The van der Waals surface area contributed by atoms with Crippen molar-refractivity contribution < 1.29 is 29.0 Å². The van der Waals surface area contributed by atoms with Crippen molar-refractivity contribution in [3.8, 4) is 11.5 Å². The van der Waals surface area contributed by atoms with Gasteiger partial charge >= 0.3 is 11.8 Å². The minimum atomic E-state index is -2.13. The molecule has 2 unspecified atom stereocenters. The lowest BCUT2D eigenvalue weighted by molar-refractivity contribution is -0.139. The lowest BCUT2D eigenvalue weighted by Crippen LogP contribution is -2.45. The normalized spacial score (nSPS) is 17.3. The highest BCUT2D eigenvalue weighted by atomic mass is 16.5. The average molecular weight is 504 g/mol. The van der Waals surface area contributed by atoms with Crippen molar-refractivity contribution >= 4 is 29.1 Å². The highest BCUT2D eigenvalue weighted by Crippen LogP contribution is 2.47. The Morgan fingerprint density at radius 2 is 1.54 bits per heavy atom. The van der Waals surface area contributed by atoms with Crippen molar-refractivity contribution in [1.29, 1.82) is 0 Å². The number of hydrogen-bond acceptors (Lipinski definition) is 8. The van der Waals surface area contributed by atoms with Gasteiger partial charge in [0.25, 0.3) is 5.91 Å². The number of nitrogens with one attached hydrogen (secondary N) is 3. The quantitative estimate of drug-likeness (QED) is 0.106. The number of hydrazone groups is 1. The molecule has 0 radical (unpaired) electrons. The number of fused-ring (bicyclic) bond motifs is 1. The SMILES string of the molecule is COc1ccc(/C(=N\NC(=O)C(=O)NN)C(c2ccc(OC)cc2)C2(O)C(=O)Nc3ccccc32)cc1. The molecule has 0 fully saturated rings. The number of ether oxygens (including phenoxy) is 2. The molecule has 0 aromatic heterocycles. The maximum absolute atomic E-state index is 13.4. The Hall–Kier alpha value is -4.74. The van der Waals surface area contributed by atoms with Crippen molar-refractivity contribution in [3.63, 3.8) is 0 Å². The molecule has 3 aromatic rings. The lowest BCUT2D eigenvalue weighted by atomic mass is 9.73. The number of amides is 3. The number of anilines is 1. The molecular formula is C26H25N5O6. The smallest absolute Gasteiger partial charge is 0.330 e. The van der Waals surface area contributed by atoms with E-state index in [9.17, 15) is 19.5 Å². The summed E-state index contributed by atoms with van der Waals surface area (Å²) in [5, 5.41) is 19.1. The molecule has 37 heavy (non-hydrogen) atoms. The van der Waals surface area contributed by atoms with E-state index in [0.717, 1.165) is 0 Å². The van der Waals surface area contributed by atoms with Crippen LogP contribution < -0.4 is 31.5 Å². The van der Waals surface area contributed by atoms with Crippen LogP contribution in [0.2, 0.25) is 0 Å². The number of nitrogens with two attached hydrogens (primary N) is 1. The molecule has 0 saturated heterocycles. The summed E-state index contributed by atoms with van der Waals surface area (Å²) in [5.74, 6) is 2.10. The Kier molecular flexibility index (Phi) is 7.18. The molecule has 2 atom stereocenters. The molecule has 0 spiro atoms. The molecule has 1 aliphatic heterocycles. The maximum atomic E-state index is 13.4. The van der Waals surface area contributed by atoms with Crippen LogP contribution in [0.1, 0.15) is 22.6 Å². The third kappa shape index (κ3) is 4.73. The van der Waals surface area contributed by atoms with Crippen LogP contribution in [0.3, 0.4) is 0 Å². The van der Waals surface area contributed by atoms with Gasteiger partial charge in [0.1, 0.15) is 11.5 Å². The first-order valence-corrected chi connectivity index (χ1v) is 11.1. The minimum absolute atomic E-state index is 0.0975. The first-order valence-electron chi connectivity index (χ1n) is 11.1. The minimum Gasteiger partial charge on any atom is -0.497 e. The largest absolute Gasteiger partial charge is 0.497 e. The number of carbonyl (C=O) groups excluding carboxylic acids is 3. The van der Waals surface area contributed by atoms with Crippen LogP contribution in [-0.4, -0.2) is 42.8 Å². The van der Waals surface area contributed by atoms with Gasteiger partial charge < -0.3 is 19.9 Å². The lowest BCUT2D eigenvalue weighted by Gasteiger charge is -2.33. The van der Waals surface area contributed by atoms with E-state index in [1.165, 1.54) is 14.2 Å². The molecule has 0 saturated carbocycles. The van der Waals surface area contributed by atoms with Crippen molar-refractivity contribution in [2.75, 3.05) is 19.5 Å². The second-order valence-electron chi connectivity index (χ2n) is 8.11. The van der Waals surface area contributed by atoms with Crippen LogP contribution in [0.15, 0.2) is 77.9 Å². The van der Waals surface area contributed by atoms with E-state index in [4.69, 9.17) is 15.3 Å². The molecular weight excluding hydrogens is 478 g/mol. The van der Waals surface area contributed by atoms with Crippen LogP contribution in [0.25, 0.3) is 0 Å². The summed E-state index contributed by atoms with van der Waals surface area (Å²) in [7, 11) is 3.03. The monoisotopic (exact) mass is 503 g/mol. The molecule has 3 aromatic carbocycles. The molecule has 0 aliphatic carbocycles. The van der Waals surface area contributed by atoms with Gasteiger partial charge in [0.15, 0.2) is 5.60 Å². The van der Waals surface area contributed by atoms with Gasteiger partial charge in [0, 0.05) is 11.3 Å². The highest BCUT2D eigenvalue weighted by molar-refractivity contribution is 6.35. The number of carbonyl (C=O) groups is 3.